The van der Waals surface area contributed by atoms with Crippen LogP contribution in [0.2, 0.25) is 0 Å². The highest BCUT2D eigenvalue weighted by Gasteiger charge is 2.03. The van der Waals surface area contributed by atoms with Crippen LogP contribution >= 0.6 is 0 Å². The van der Waals surface area contributed by atoms with Crippen LogP contribution in [0.1, 0.15) is 10.4 Å². The third-order valence-corrected chi connectivity index (χ3v) is 3.02. The minimum Gasteiger partial charge on any atom is -0.298 e. The average molecular weight is 233 g/mol. The molecule has 0 atom stereocenters. The van der Waals surface area contributed by atoms with Gasteiger partial charge in [-0.05, 0) is 28.6 Å². The van der Waals surface area contributed by atoms with Gasteiger partial charge in [0.15, 0.2) is 0 Å². The summed E-state index contributed by atoms with van der Waals surface area (Å²) in [6.45, 7) is 0. The summed E-state index contributed by atoms with van der Waals surface area (Å²) in [5.41, 5.74) is 2.83. The highest BCUT2D eigenvalue weighted by Crippen LogP contribution is 2.28. The fourth-order valence-corrected chi connectivity index (χ4v) is 2.14. The highest BCUT2D eigenvalue weighted by molar-refractivity contribution is 5.96. The number of pyridine rings is 1. The Hall–Kier alpha value is -2.48. The second-order valence-corrected chi connectivity index (χ2v) is 4.15. The number of carbonyl (C=O) groups is 1. The van der Waals surface area contributed by atoms with E-state index in [0.717, 1.165) is 28.2 Å². The number of hydrogen-bond acceptors (Lipinski definition) is 2. The van der Waals surface area contributed by atoms with Gasteiger partial charge in [-0.3, -0.25) is 9.78 Å². The van der Waals surface area contributed by atoms with E-state index >= 15 is 0 Å². The molecule has 0 N–H and O–H groups in total. The van der Waals surface area contributed by atoms with Crippen LogP contribution in [0.15, 0.2) is 60.9 Å². The number of benzene rings is 2. The summed E-state index contributed by atoms with van der Waals surface area (Å²) in [6, 6.07) is 15.7. The summed E-state index contributed by atoms with van der Waals surface area (Å²) in [4.78, 5) is 15.0. The molecule has 2 heteroatoms. The Balaban J connectivity index is 2.27. The second kappa shape index (κ2) is 4.41. The molecule has 86 valence electrons. The van der Waals surface area contributed by atoms with Crippen LogP contribution in [-0.4, -0.2) is 11.3 Å². The van der Waals surface area contributed by atoms with Gasteiger partial charge in [-0.1, -0.05) is 36.4 Å². The van der Waals surface area contributed by atoms with E-state index < -0.39 is 0 Å². The monoisotopic (exact) mass is 233 g/mol. The quantitative estimate of drug-likeness (QED) is 0.631. The first-order valence-electron chi connectivity index (χ1n) is 5.77. The normalized spacial score (nSPS) is 10.4. The van der Waals surface area contributed by atoms with Crippen LogP contribution < -0.4 is 0 Å². The van der Waals surface area contributed by atoms with Gasteiger partial charge in [0.2, 0.25) is 0 Å². The van der Waals surface area contributed by atoms with Crippen molar-refractivity contribution in [2.24, 2.45) is 0 Å². The largest absolute Gasteiger partial charge is 0.298 e. The van der Waals surface area contributed by atoms with Gasteiger partial charge in [-0.15, -0.1) is 0 Å². The Morgan fingerprint density at radius 2 is 1.89 bits per heavy atom. The van der Waals surface area contributed by atoms with E-state index in [4.69, 9.17) is 0 Å². The summed E-state index contributed by atoms with van der Waals surface area (Å²) in [5.74, 6) is 0. The predicted molar refractivity (Wildman–Crippen MR) is 72.6 cm³/mol. The van der Waals surface area contributed by atoms with Crippen LogP contribution in [0.3, 0.4) is 0 Å². The molecule has 2 aromatic carbocycles. The summed E-state index contributed by atoms with van der Waals surface area (Å²) >= 11 is 0. The van der Waals surface area contributed by atoms with Crippen molar-refractivity contribution in [2.45, 2.75) is 0 Å². The molecule has 0 fully saturated rings. The van der Waals surface area contributed by atoms with E-state index in [2.05, 4.69) is 11.1 Å². The zero-order chi connectivity index (χ0) is 12.4. The predicted octanol–water partition coefficient (Wildman–Crippen LogP) is 3.71. The first-order valence-corrected chi connectivity index (χ1v) is 5.77. The van der Waals surface area contributed by atoms with Crippen LogP contribution in [0, 0.1) is 0 Å². The van der Waals surface area contributed by atoms with Gasteiger partial charge in [0.25, 0.3) is 0 Å². The van der Waals surface area contributed by atoms with Gasteiger partial charge in [0.05, 0.1) is 0 Å². The van der Waals surface area contributed by atoms with Gasteiger partial charge in [0, 0.05) is 23.3 Å². The zero-order valence-electron chi connectivity index (χ0n) is 9.71. The average Bonchev–Trinajstić information content (AvgIpc) is 2.47. The molecule has 3 rings (SSSR count). The number of rotatable bonds is 2. The maximum Gasteiger partial charge on any atom is 0.150 e. The van der Waals surface area contributed by atoms with Gasteiger partial charge >= 0.3 is 0 Å². The topological polar surface area (TPSA) is 30.0 Å². The van der Waals surface area contributed by atoms with Crippen molar-refractivity contribution in [2.75, 3.05) is 0 Å². The molecule has 0 bridgehead atoms. The van der Waals surface area contributed by atoms with Crippen LogP contribution in [-0.2, 0) is 0 Å². The van der Waals surface area contributed by atoms with Crippen molar-refractivity contribution in [1.82, 2.24) is 4.98 Å². The molecule has 0 saturated heterocycles. The third kappa shape index (κ3) is 1.78. The maximum atomic E-state index is 10.8. The molecule has 0 spiro atoms. The van der Waals surface area contributed by atoms with Crippen molar-refractivity contribution >= 4 is 17.1 Å². The Bertz CT molecular complexity index is 714. The van der Waals surface area contributed by atoms with Crippen molar-refractivity contribution < 1.29 is 4.79 Å². The summed E-state index contributed by atoms with van der Waals surface area (Å²) in [6.07, 6.45) is 4.51. The van der Waals surface area contributed by atoms with Crippen LogP contribution in [0.4, 0.5) is 0 Å². The molecule has 0 radical (unpaired) electrons. The molecule has 0 aliphatic rings. The lowest BCUT2D eigenvalue weighted by atomic mass is 9.98. The molecule has 3 aromatic rings. The Morgan fingerprint density at radius 3 is 2.78 bits per heavy atom. The molecule has 0 amide bonds. The minimum atomic E-state index is 0.688. The van der Waals surface area contributed by atoms with Gasteiger partial charge in [-0.25, -0.2) is 0 Å². The minimum absolute atomic E-state index is 0.688. The molecule has 1 aromatic heterocycles. The highest BCUT2D eigenvalue weighted by atomic mass is 16.1. The Labute approximate surface area is 105 Å². The summed E-state index contributed by atoms with van der Waals surface area (Å²) in [7, 11) is 0. The number of hydrogen-bond donors (Lipinski definition) is 0. The lowest BCUT2D eigenvalue weighted by Crippen LogP contribution is -1.85. The lowest BCUT2D eigenvalue weighted by Gasteiger charge is -2.06. The molecular formula is C16H11NO. The smallest absolute Gasteiger partial charge is 0.150 e. The van der Waals surface area contributed by atoms with Crippen LogP contribution in [0.25, 0.3) is 21.9 Å². The SMILES string of the molecule is O=Cc1cccc(-c2cccc3ccncc23)c1. The number of nitrogens with zero attached hydrogens (tertiary/aromatic N) is 1. The standard InChI is InChI=1S/C16H11NO/c18-11-12-3-1-5-14(9-12)15-6-2-4-13-7-8-17-10-16(13)15/h1-11H. The maximum absolute atomic E-state index is 10.8. The van der Waals surface area contributed by atoms with Crippen molar-refractivity contribution in [3.8, 4) is 11.1 Å². The molecule has 0 unspecified atom stereocenters. The Morgan fingerprint density at radius 1 is 1.00 bits per heavy atom. The number of fused-ring (bicyclic) bond motifs is 1. The third-order valence-electron chi connectivity index (χ3n) is 3.02. The molecule has 0 aliphatic heterocycles. The molecule has 2 nitrogen and oxygen atoms in total. The van der Waals surface area contributed by atoms with E-state index in [1.807, 2.05) is 42.6 Å². The van der Waals surface area contributed by atoms with Gasteiger partial charge in [-0.2, -0.15) is 0 Å². The van der Waals surface area contributed by atoms with Crippen molar-refractivity contribution in [3.63, 3.8) is 0 Å². The first-order chi connectivity index (χ1) is 8.88. The van der Waals surface area contributed by atoms with E-state index in [9.17, 15) is 4.79 Å². The molecular weight excluding hydrogens is 222 g/mol. The number of aromatic nitrogens is 1. The molecule has 18 heavy (non-hydrogen) atoms. The second-order valence-electron chi connectivity index (χ2n) is 4.15. The first kappa shape index (κ1) is 10.7. The molecule has 0 aliphatic carbocycles. The van der Waals surface area contributed by atoms with Gasteiger partial charge < -0.3 is 0 Å². The zero-order valence-corrected chi connectivity index (χ0v) is 9.71. The van der Waals surface area contributed by atoms with E-state index in [1.54, 1.807) is 12.3 Å². The van der Waals surface area contributed by atoms with Gasteiger partial charge in [0.1, 0.15) is 6.29 Å². The lowest BCUT2D eigenvalue weighted by molar-refractivity contribution is 0.112. The number of aldehydes is 1. The fraction of sp³-hybridized carbons (Fsp3) is 0. The summed E-state index contributed by atoms with van der Waals surface area (Å²) in [5, 5.41) is 2.25. The van der Waals surface area contributed by atoms with E-state index in [-0.39, 0.29) is 0 Å². The molecule has 0 saturated carbocycles. The van der Waals surface area contributed by atoms with Crippen molar-refractivity contribution in [3.05, 3.63) is 66.5 Å². The number of carbonyl (C=O) groups excluding carboxylic acids is 1. The van der Waals surface area contributed by atoms with Crippen molar-refractivity contribution in [1.29, 1.82) is 0 Å². The van der Waals surface area contributed by atoms with Crippen LogP contribution in [0.5, 0.6) is 0 Å². The fourth-order valence-electron chi connectivity index (χ4n) is 2.14. The molecule has 1 heterocycles. The summed E-state index contributed by atoms with van der Waals surface area (Å²) < 4.78 is 0. The van der Waals surface area contributed by atoms with E-state index in [0.29, 0.717) is 5.56 Å². The Kier molecular flexibility index (Phi) is 2.61. The van der Waals surface area contributed by atoms with E-state index in [1.165, 1.54) is 0 Å².